The van der Waals surface area contributed by atoms with Crippen LogP contribution in [0.5, 0.6) is 0 Å². The number of hydrogen-bond acceptors (Lipinski definition) is 3. The van der Waals surface area contributed by atoms with E-state index in [1.807, 2.05) is 29.1 Å². The van der Waals surface area contributed by atoms with Crippen LogP contribution in [0.1, 0.15) is 29.7 Å². The maximum Gasteiger partial charge on any atom is 0.0959 e. The second-order valence-electron chi connectivity index (χ2n) is 6.52. The summed E-state index contributed by atoms with van der Waals surface area (Å²) in [5, 5.41) is 13.8. The van der Waals surface area contributed by atoms with Crippen molar-refractivity contribution in [2.45, 2.75) is 39.5 Å². The molecule has 24 heavy (non-hydrogen) atoms. The maximum absolute atomic E-state index is 10.4. The predicted octanol–water partition coefficient (Wildman–Crippen LogP) is 3.36. The Hall–Kier alpha value is -2.17. The molecule has 2 N–H and O–H groups in total. The van der Waals surface area contributed by atoms with Crippen LogP contribution in [0.15, 0.2) is 48.8 Å². The minimum Gasteiger partial charge on any atom is -0.390 e. The summed E-state index contributed by atoms with van der Waals surface area (Å²) in [5.74, 6) is 0. The van der Waals surface area contributed by atoms with E-state index in [2.05, 4.69) is 55.3 Å². The first-order valence-corrected chi connectivity index (χ1v) is 8.43. The van der Waals surface area contributed by atoms with Crippen molar-refractivity contribution in [1.82, 2.24) is 14.9 Å². The van der Waals surface area contributed by atoms with Crippen LogP contribution in [0.25, 0.3) is 11.0 Å². The molecular formula is C20H25N3O. The van der Waals surface area contributed by atoms with Crippen molar-refractivity contribution >= 4 is 11.0 Å². The van der Waals surface area contributed by atoms with E-state index >= 15 is 0 Å². The highest BCUT2D eigenvalue weighted by Crippen LogP contribution is 2.18. The van der Waals surface area contributed by atoms with Crippen LogP contribution in [0, 0.1) is 13.8 Å². The third kappa shape index (κ3) is 3.66. The van der Waals surface area contributed by atoms with Crippen molar-refractivity contribution in [3.05, 3.63) is 65.5 Å². The third-order valence-electron chi connectivity index (χ3n) is 4.60. The first kappa shape index (κ1) is 16.7. The lowest BCUT2D eigenvalue weighted by Gasteiger charge is -2.18. The van der Waals surface area contributed by atoms with Crippen LogP contribution in [-0.4, -0.2) is 27.3 Å². The van der Waals surface area contributed by atoms with Gasteiger partial charge in [-0.3, -0.25) is 0 Å². The van der Waals surface area contributed by atoms with E-state index in [1.165, 1.54) is 16.7 Å². The lowest BCUT2D eigenvalue weighted by molar-refractivity contribution is 0.149. The third-order valence-corrected chi connectivity index (χ3v) is 4.60. The van der Waals surface area contributed by atoms with Gasteiger partial charge in [-0.15, -0.1) is 0 Å². The lowest BCUT2D eigenvalue weighted by atomic mass is 10.1. The van der Waals surface area contributed by atoms with E-state index in [9.17, 15) is 5.11 Å². The molecule has 1 heterocycles. The normalized spacial score (nSPS) is 14.0. The molecule has 4 heteroatoms. The Bertz CT molecular complexity index is 810. The number of benzene rings is 2. The second-order valence-corrected chi connectivity index (χ2v) is 6.52. The summed E-state index contributed by atoms with van der Waals surface area (Å²) >= 11 is 0. The molecule has 2 unspecified atom stereocenters. The van der Waals surface area contributed by atoms with Gasteiger partial charge in [-0.25, -0.2) is 4.98 Å². The molecule has 2 atom stereocenters. The molecule has 0 fully saturated rings. The van der Waals surface area contributed by atoms with Crippen molar-refractivity contribution in [3.8, 4) is 0 Å². The molecule has 126 valence electrons. The van der Waals surface area contributed by atoms with Crippen molar-refractivity contribution in [3.63, 3.8) is 0 Å². The molecule has 0 bridgehead atoms. The number of aliphatic hydroxyl groups excluding tert-OH is 1. The molecule has 0 radical (unpaired) electrons. The van der Waals surface area contributed by atoms with Gasteiger partial charge < -0.3 is 15.0 Å². The van der Waals surface area contributed by atoms with E-state index in [-0.39, 0.29) is 6.04 Å². The van der Waals surface area contributed by atoms with Gasteiger partial charge >= 0.3 is 0 Å². The zero-order valence-electron chi connectivity index (χ0n) is 14.5. The number of fused-ring (bicyclic) bond motifs is 1. The summed E-state index contributed by atoms with van der Waals surface area (Å²) in [6.07, 6.45) is 1.35. The molecule has 0 aliphatic rings. The van der Waals surface area contributed by atoms with Gasteiger partial charge in [0.15, 0.2) is 0 Å². The van der Waals surface area contributed by atoms with Crippen LogP contribution in [0.4, 0.5) is 0 Å². The highest BCUT2D eigenvalue weighted by atomic mass is 16.3. The largest absolute Gasteiger partial charge is 0.390 e. The van der Waals surface area contributed by atoms with Gasteiger partial charge in [0.05, 0.1) is 30.0 Å². The minimum atomic E-state index is -0.463. The number of nitrogens with one attached hydrogen (secondary N) is 1. The molecule has 0 aliphatic heterocycles. The van der Waals surface area contributed by atoms with E-state index in [0.717, 1.165) is 11.0 Å². The average molecular weight is 323 g/mol. The molecule has 0 aliphatic carbocycles. The topological polar surface area (TPSA) is 50.1 Å². The van der Waals surface area contributed by atoms with Crippen LogP contribution >= 0.6 is 0 Å². The predicted molar refractivity (Wildman–Crippen MR) is 98.1 cm³/mol. The SMILES string of the molecule is Cc1cc2ncn(CC(O)CNC(C)c3ccccc3)c2cc1C. The number of rotatable bonds is 6. The van der Waals surface area contributed by atoms with Crippen LogP contribution < -0.4 is 5.32 Å². The standard InChI is InChI=1S/C20H25N3O/c1-14-9-19-20(10-15(14)2)23(13-22-19)12-18(24)11-21-16(3)17-7-5-4-6-8-17/h4-10,13,16,18,21,24H,11-12H2,1-3H3. The lowest BCUT2D eigenvalue weighted by Crippen LogP contribution is -2.31. The second kappa shape index (κ2) is 7.16. The number of aliphatic hydroxyl groups is 1. The van der Waals surface area contributed by atoms with Gasteiger partial charge in [0.2, 0.25) is 0 Å². The highest BCUT2D eigenvalue weighted by Gasteiger charge is 2.11. The van der Waals surface area contributed by atoms with Crippen molar-refractivity contribution in [2.75, 3.05) is 6.54 Å². The summed E-state index contributed by atoms with van der Waals surface area (Å²) < 4.78 is 2.03. The Balaban J connectivity index is 1.63. The van der Waals surface area contributed by atoms with Gasteiger partial charge in [-0.1, -0.05) is 30.3 Å². The fourth-order valence-corrected chi connectivity index (χ4v) is 2.92. The summed E-state index contributed by atoms with van der Waals surface area (Å²) in [4.78, 5) is 4.45. The van der Waals surface area contributed by atoms with E-state index < -0.39 is 6.10 Å². The summed E-state index contributed by atoms with van der Waals surface area (Å²) in [5.41, 5.74) is 5.77. The summed E-state index contributed by atoms with van der Waals surface area (Å²) in [7, 11) is 0. The minimum absolute atomic E-state index is 0.213. The van der Waals surface area contributed by atoms with E-state index in [0.29, 0.717) is 13.1 Å². The number of aromatic nitrogens is 2. The molecule has 3 aromatic rings. The first-order chi connectivity index (χ1) is 11.5. The zero-order chi connectivity index (χ0) is 17.1. The monoisotopic (exact) mass is 323 g/mol. The fourth-order valence-electron chi connectivity index (χ4n) is 2.92. The molecular weight excluding hydrogens is 298 g/mol. The molecule has 3 rings (SSSR count). The van der Waals surface area contributed by atoms with Crippen molar-refractivity contribution in [1.29, 1.82) is 0 Å². The van der Waals surface area contributed by atoms with Gasteiger partial charge in [-0.2, -0.15) is 0 Å². The maximum atomic E-state index is 10.4. The molecule has 0 saturated heterocycles. The quantitative estimate of drug-likeness (QED) is 0.731. The van der Waals surface area contributed by atoms with Crippen molar-refractivity contribution in [2.24, 2.45) is 0 Å². The summed E-state index contributed by atoms with van der Waals surface area (Å²) in [6, 6.07) is 14.7. The molecule has 0 saturated carbocycles. The van der Waals surface area contributed by atoms with E-state index in [4.69, 9.17) is 0 Å². The van der Waals surface area contributed by atoms with Gasteiger partial charge in [-0.05, 0) is 49.6 Å². The Morgan fingerprint density at radius 3 is 2.58 bits per heavy atom. The zero-order valence-corrected chi connectivity index (χ0v) is 14.5. The van der Waals surface area contributed by atoms with Crippen LogP contribution in [0.2, 0.25) is 0 Å². The average Bonchev–Trinajstić information content (AvgIpc) is 2.95. The first-order valence-electron chi connectivity index (χ1n) is 8.43. The number of aryl methyl sites for hydroxylation is 2. The Morgan fingerprint density at radius 1 is 1.12 bits per heavy atom. The van der Waals surface area contributed by atoms with Crippen molar-refractivity contribution < 1.29 is 5.11 Å². The number of hydrogen-bond donors (Lipinski definition) is 2. The Labute approximate surface area is 143 Å². The molecule has 2 aromatic carbocycles. The van der Waals surface area contributed by atoms with Gasteiger partial charge in [0, 0.05) is 12.6 Å². The molecule has 1 aromatic heterocycles. The fraction of sp³-hybridized carbons (Fsp3) is 0.350. The molecule has 0 spiro atoms. The Kier molecular flexibility index (Phi) is 4.97. The number of nitrogens with zero attached hydrogens (tertiary/aromatic N) is 2. The number of imidazole rings is 1. The van der Waals surface area contributed by atoms with Gasteiger partial charge in [0.1, 0.15) is 0 Å². The summed E-state index contributed by atoms with van der Waals surface area (Å²) in [6.45, 7) is 7.39. The Morgan fingerprint density at radius 2 is 1.83 bits per heavy atom. The molecule has 4 nitrogen and oxygen atoms in total. The van der Waals surface area contributed by atoms with Gasteiger partial charge in [0.25, 0.3) is 0 Å². The van der Waals surface area contributed by atoms with E-state index in [1.54, 1.807) is 0 Å². The highest BCUT2D eigenvalue weighted by molar-refractivity contribution is 5.77. The van der Waals surface area contributed by atoms with Crippen LogP contribution in [-0.2, 0) is 6.54 Å². The van der Waals surface area contributed by atoms with Crippen LogP contribution in [0.3, 0.4) is 0 Å². The smallest absolute Gasteiger partial charge is 0.0959 e. The molecule has 0 amide bonds.